The van der Waals surface area contributed by atoms with Gasteiger partial charge >= 0.3 is 35.2 Å². The van der Waals surface area contributed by atoms with Crippen LogP contribution in [-0.4, -0.2) is 110 Å². The van der Waals surface area contributed by atoms with Crippen LogP contribution < -0.4 is 29.6 Å². The van der Waals surface area contributed by atoms with Crippen molar-refractivity contribution in [2.75, 3.05) is 0 Å². The maximum absolute atomic E-state index is 12.5. The van der Waals surface area contributed by atoms with Crippen LogP contribution in [0.15, 0.2) is 72.8 Å². The summed E-state index contributed by atoms with van der Waals surface area (Å²) in [7, 11) is -4.84. The van der Waals surface area contributed by atoms with Crippen molar-refractivity contribution in [3.05, 3.63) is 154 Å². The summed E-state index contributed by atoms with van der Waals surface area (Å²) in [4.78, 5) is 73.2. The molecule has 5 aromatic rings. The molecule has 0 saturated carbocycles. The summed E-state index contributed by atoms with van der Waals surface area (Å²) in [5.74, 6) is -13.4. The fourth-order valence-electron chi connectivity index (χ4n) is 5.18. The first-order valence-electron chi connectivity index (χ1n) is 19.6. The molecule has 5 aromatic carbocycles. The number of aromatic hydroxyl groups is 4. The Morgan fingerprint density at radius 2 is 1.00 bits per heavy atom. The van der Waals surface area contributed by atoms with E-state index in [1.54, 1.807) is 31.2 Å². The predicted octanol–water partition coefficient (Wildman–Crippen LogP) is 4.82. The van der Waals surface area contributed by atoms with Gasteiger partial charge in [0.2, 0.25) is 11.6 Å². The molecule has 7 N–H and O–H groups in total. The molecule has 398 valence electrons. The summed E-state index contributed by atoms with van der Waals surface area (Å²) < 4.78 is 80.6. The zero-order chi connectivity index (χ0) is 56.8. The third kappa shape index (κ3) is 17.7. The van der Waals surface area contributed by atoms with Crippen molar-refractivity contribution >= 4 is 97.7 Å². The summed E-state index contributed by atoms with van der Waals surface area (Å²) in [6.07, 6.45) is -0.480. The Hall–Kier alpha value is -6.21. The van der Waals surface area contributed by atoms with Gasteiger partial charge in [0, 0.05) is 24.5 Å². The first-order chi connectivity index (χ1) is 34.2. The molecule has 0 bridgehead atoms. The second-order valence-electron chi connectivity index (χ2n) is 14.3. The number of hydroxylamine groups is 6. The summed E-state index contributed by atoms with van der Waals surface area (Å²) in [6, 6.07) is 18.9. The van der Waals surface area contributed by atoms with Gasteiger partial charge in [-0.3, -0.25) is 54.5 Å². The number of amides is 6. The van der Waals surface area contributed by atoms with Crippen LogP contribution in [0.1, 0.15) is 56.7 Å². The van der Waals surface area contributed by atoms with Crippen molar-refractivity contribution in [1.29, 1.82) is 0 Å². The van der Waals surface area contributed by atoms with E-state index in [0.717, 1.165) is 6.92 Å². The molecule has 0 aromatic heterocycles. The number of halogens is 8. The SMILES string of the molecule is Cc1c(Cl)c(Cl)c(O)c(Cl)c1Cl.Cc1c(F)c(F)c(O)c(F)c1F.Cc1ccc(O)cc1.O=C1CC(S(=O)(=O)[O-])C(=O)N1O.O=C1CCC(=O)N1O.O=C1c2ccccc2C(=O)N1O.O=[N+]([O-])c1ccccc1O.[Na+]. The number of phenolic OH excluding ortho intramolecular Hbond substituents is 4. The van der Waals surface area contributed by atoms with Crippen molar-refractivity contribution in [1.82, 2.24) is 15.2 Å². The molecule has 8 rings (SSSR count). The maximum atomic E-state index is 12.5. The van der Waals surface area contributed by atoms with Gasteiger partial charge in [-0.15, -0.1) is 5.06 Å². The van der Waals surface area contributed by atoms with Crippen molar-refractivity contribution in [2.24, 2.45) is 0 Å². The van der Waals surface area contributed by atoms with Crippen molar-refractivity contribution < 1.29 is 130 Å². The van der Waals surface area contributed by atoms with Crippen molar-refractivity contribution in [3.8, 4) is 23.0 Å². The van der Waals surface area contributed by atoms with Gasteiger partial charge < -0.3 is 25.0 Å². The van der Waals surface area contributed by atoms with Crippen LogP contribution in [0.4, 0.5) is 23.2 Å². The molecule has 32 heteroatoms. The number of nitrogens with zero attached hydrogens (tertiary/aromatic N) is 4. The van der Waals surface area contributed by atoms with Gasteiger partial charge in [-0.1, -0.05) is 88.4 Å². The van der Waals surface area contributed by atoms with E-state index >= 15 is 0 Å². The normalized spacial score (nSPS) is 14.2. The molecule has 3 aliphatic rings. The molecule has 0 aliphatic carbocycles. The number of nitro groups is 1. The molecule has 22 nitrogen and oxygen atoms in total. The van der Waals surface area contributed by atoms with Crippen LogP contribution >= 0.6 is 46.4 Å². The second kappa shape index (κ2) is 29.2. The standard InChI is InChI=1S/C8H5NO3.C7H4Cl4O.C7H4F4O.C7H8O.C6H5NO3.C4H5NO6S.C4H5NO3.Na/c10-7-5-3-1-2-4-6(5)8(11)9(7)12;2*1-2-3(8)5(10)7(12)6(11)4(2)9;1-6-2-4-7(8)5-3-6;8-6-4-2-1-3-5(6)7(9)10;6-3-1-2(12(9,10)11)4(7)5(3)8;6-3-1-2-4(7)5(3)8;/h1-4,12H;2*12H,1H3;2-5,8H,1H3;1-4,8H;2,8H,1H2,(H,9,10,11);8H,1-2H2;/q;;;;;;;+1/p-1. The molecule has 6 amide bonds. The van der Waals surface area contributed by atoms with Gasteiger partial charge in [0.15, 0.2) is 28.9 Å². The Morgan fingerprint density at radius 1 is 0.587 bits per heavy atom. The molecule has 0 radical (unpaired) electrons. The number of benzene rings is 5. The average molecular weight is 1170 g/mol. The first-order valence-corrected chi connectivity index (χ1v) is 22.6. The number of rotatable bonds is 2. The van der Waals surface area contributed by atoms with Gasteiger partial charge in [-0.2, -0.15) is 18.9 Å². The van der Waals surface area contributed by atoms with Gasteiger partial charge in [0.25, 0.3) is 35.4 Å². The van der Waals surface area contributed by atoms with E-state index in [1.807, 2.05) is 19.1 Å². The van der Waals surface area contributed by atoms with Crippen molar-refractivity contribution in [2.45, 2.75) is 45.3 Å². The van der Waals surface area contributed by atoms with E-state index in [0.29, 0.717) is 11.3 Å². The van der Waals surface area contributed by atoms with Crippen LogP contribution in [0.25, 0.3) is 0 Å². The molecule has 1 atom stereocenters. The number of imide groups is 3. The van der Waals surface area contributed by atoms with Crippen LogP contribution in [0.3, 0.4) is 0 Å². The zero-order valence-electron chi connectivity index (χ0n) is 38.5. The van der Waals surface area contributed by atoms with E-state index in [2.05, 4.69) is 0 Å². The summed E-state index contributed by atoms with van der Waals surface area (Å²) >= 11 is 22.7. The van der Waals surface area contributed by atoms with E-state index < -0.39 is 96.7 Å². The van der Waals surface area contributed by atoms with E-state index in [9.17, 15) is 74.5 Å². The van der Waals surface area contributed by atoms with Gasteiger partial charge in [-0.05, 0) is 56.7 Å². The van der Waals surface area contributed by atoms with Gasteiger partial charge in [0.1, 0.15) is 31.2 Å². The van der Waals surface area contributed by atoms with E-state index in [4.69, 9.17) is 77.3 Å². The molecule has 0 spiro atoms. The fraction of sp³-hybridized carbons (Fsp3) is 0.163. The minimum Gasteiger partial charge on any atom is -0.747 e. The Morgan fingerprint density at radius 3 is 1.31 bits per heavy atom. The second-order valence-corrected chi connectivity index (χ2v) is 17.4. The monoisotopic (exact) mass is 1170 g/mol. The fourth-order valence-corrected chi connectivity index (χ4v) is 6.81. The molecule has 3 heterocycles. The minimum absolute atomic E-state index is 0. The van der Waals surface area contributed by atoms with Crippen LogP contribution in [0.5, 0.6) is 23.0 Å². The molecule has 3 aliphatic heterocycles. The average Bonchev–Trinajstić information content (AvgIpc) is 3.91. The Labute approximate surface area is 462 Å². The third-order valence-electron chi connectivity index (χ3n) is 9.26. The zero-order valence-corrected chi connectivity index (χ0v) is 44.3. The molecule has 75 heavy (non-hydrogen) atoms. The maximum Gasteiger partial charge on any atom is 1.00 e. The molecular weight excluding hydrogens is 1130 g/mol. The van der Waals surface area contributed by atoms with Crippen molar-refractivity contribution in [3.63, 3.8) is 0 Å². The number of carbonyl (C=O) groups excluding carboxylic acids is 6. The number of phenols is 4. The summed E-state index contributed by atoms with van der Waals surface area (Å²) in [5, 5.41) is 69.7. The van der Waals surface area contributed by atoms with Gasteiger partial charge in [0.05, 0.1) is 32.5 Å². The quantitative estimate of drug-likeness (QED) is 0.0182. The number of hydrogen-bond acceptors (Lipinski definition) is 18. The predicted molar refractivity (Wildman–Crippen MR) is 247 cm³/mol. The number of fused-ring (bicyclic) bond motifs is 1. The van der Waals surface area contributed by atoms with Crippen LogP contribution in [0, 0.1) is 54.2 Å². The Bertz CT molecular complexity index is 2760. The number of hydrogen-bond donors (Lipinski definition) is 7. The summed E-state index contributed by atoms with van der Waals surface area (Å²) in [5.41, 5.74) is 1.19. The molecule has 2 fully saturated rings. The van der Waals surface area contributed by atoms with Gasteiger partial charge in [-0.25, -0.2) is 17.2 Å². The number of nitro benzene ring substituents is 1. The number of carbonyl (C=O) groups is 6. The van der Waals surface area contributed by atoms with Crippen LogP contribution in [-0.2, 0) is 29.3 Å². The number of para-hydroxylation sites is 2. The molecule has 1 unspecified atom stereocenters. The van der Waals surface area contributed by atoms with Crippen LogP contribution in [0.2, 0.25) is 20.1 Å². The molecular formula is C43H35Cl4F4N4NaO18S. The third-order valence-corrected chi connectivity index (χ3v) is 12.2. The Kier molecular flexibility index (Phi) is 26.0. The molecule has 2 saturated heterocycles. The smallest absolute Gasteiger partial charge is 0.747 e. The van der Waals surface area contributed by atoms with E-state index in [1.165, 1.54) is 42.0 Å². The topological polar surface area (TPSA) is 354 Å². The van der Waals surface area contributed by atoms with E-state index in [-0.39, 0.29) is 106 Å². The largest absolute Gasteiger partial charge is 1.00 e. The Balaban J connectivity index is 0.000000439. The minimum atomic E-state index is -4.84. The number of aryl methyl sites for hydroxylation is 1. The first kappa shape index (κ1) is 66.8. The summed E-state index contributed by atoms with van der Waals surface area (Å²) in [6.45, 7) is 4.53.